The highest BCUT2D eigenvalue weighted by atomic mass is 16.6. The fraction of sp³-hybridized carbons (Fsp3) is 0.125. The van der Waals surface area contributed by atoms with E-state index in [9.17, 15) is 14.9 Å². The van der Waals surface area contributed by atoms with Gasteiger partial charge in [0.2, 0.25) is 5.76 Å². The normalized spacial score (nSPS) is 10.4. The van der Waals surface area contributed by atoms with E-state index in [1.165, 1.54) is 24.5 Å². The maximum absolute atomic E-state index is 11.7. The highest BCUT2D eigenvalue weighted by Crippen LogP contribution is 2.25. The van der Waals surface area contributed by atoms with E-state index in [-0.39, 0.29) is 18.0 Å². The van der Waals surface area contributed by atoms with Gasteiger partial charge in [-0.25, -0.2) is 4.79 Å². The maximum atomic E-state index is 11.7. The molecule has 0 bridgehead atoms. The van der Waals surface area contributed by atoms with Gasteiger partial charge in [0.05, 0.1) is 11.2 Å². The summed E-state index contributed by atoms with van der Waals surface area (Å²) in [6.45, 7) is -0.586. The second-order valence-electron chi connectivity index (χ2n) is 4.83. The maximum Gasteiger partial charge on any atom is 0.344 e. The van der Waals surface area contributed by atoms with Crippen LogP contribution in [-0.2, 0) is 16.1 Å². The number of hydrogen-bond acceptors (Lipinski definition) is 8. The highest BCUT2D eigenvalue weighted by Gasteiger charge is 2.16. The molecular weight excluding hydrogens is 332 g/mol. The number of esters is 1. The van der Waals surface area contributed by atoms with E-state index < -0.39 is 17.5 Å². The molecule has 0 radical (unpaired) electrons. The summed E-state index contributed by atoms with van der Waals surface area (Å²) in [5, 5.41) is 14.6. The van der Waals surface area contributed by atoms with Gasteiger partial charge in [-0.2, -0.15) is 0 Å². The number of carbonyl (C=O) groups excluding carboxylic acids is 1. The van der Waals surface area contributed by atoms with Gasteiger partial charge in [-0.1, -0.05) is 17.3 Å². The van der Waals surface area contributed by atoms with Crippen LogP contribution in [0.15, 0.2) is 57.7 Å². The Morgan fingerprint density at radius 1 is 1.20 bits per heavy atom. The van der Waals surface area contributed by atoms with Crippen LogP contribution in [0.25, 0.3) is 11.5 Å². The Balaban J connectivity index is 1.51. The van der Waals surface area contributed by atoms with Crippen LogP contribution in [-0.4, -0.2) is 22.7 Å². The molecule has 0 aliphatic heterocycles. The average Bonchev–Trinajstić information content (AvgIpc) is 3.29. The molecular formula is C16H12N2O7. The molecule has 0 fully saturated rings. The summed E-state index contributed by atoms with van der Waals surface area (Å²) in [6.07, 6.45) is 1.50. The van der Waals surface area contributed by atoms with Crippen molar-refractivity contribution in [1.82, 2.24) is 5.16 Å². The SMILES string of the molecule is O=C(COc1ccccc1[N+](=O)[O-])OCc1cc(-c2ccco2)on1. The molecule has 2 aromatic heterocycles. The molecule has 0 unspecified atom stereocenters. The van der Waals surface area contributed by atoms with Crippen LogP contribution in [0.2, 0.25) is 0 Å². The zero-order valence-corrected chi connectivity index (χ0v) is 12.8. The smallest absolute Gasteiger partial charge is 0.344 e. The van der Waals surface area contributed by atoms with Gasteiger partial charge in [0, 0.05) is 12.1 Å². The van der Waals surface area contributed by atoms with Gasteiger partial charge in [-0.15, -0.1) is 0 Å². The third kappa shape index (κ3) is 4.02. The largest absolute Gasteiger partial charge is 0.475 e. The summed E-state index contributed by atoms with van der Waals surface area (Å²) in [6, 6.07) is 10.7. The highest BCUT2D eigenvalue weighted by molar-refractivity contribution is 5.71. The fourth-order valence-electron chi connectivity index (χ4n) is 1.98. The lowest BCUT2D eigenvalue weighted by Crippen LogP contribution is -2.15. The number of aromatic nitrogens is 1. The number of rotatable bonds is 7. The van der Waals surface area contributed by atoms with Crippen LogP contribution < -0.4 is 4.74 Å². The molecule has 3 rings (SSSR count). The first kappa shape index (κ1) is 16.2. The number of benzene rings is 1. The minimum atomic E-state index is -0.694. The molecule has 0 aliphatic rings. The Labute approximate surface area is 140 Å². The molecule has 0 atom stereocenters. The average molecular weight is 344 g/mol. The number of nitro groups is 1. The van der Waals surface area contributed by atoms with Crippen LogP contribution >= 0.6 is 0 Å². The molecule has 1 aromatic carbocycles. The summed E-state index contributed by atoms with van der Waals surface area (Å²) in [4.78, 5) is 22.0. The van der Waals surface area contributed by atoms with E-state index in [1.54, 1.807) is 24.3 Å². The summed E-state index contributed by atoms with van der Waals surface area (Å²) >= 11 is 0. The summed E-state index contributed by atoms with van der Waals surface area (Å²) in [7, 11) is 0. The standard InChI is InChI=1S/C16H12N2O7/c19-16(10-23-13-5-2-1-4-12(13)18(20)21)24-9-11-8-15(25-17-11)14-6-3-7-22-14/h1-8H,9-10H2. The molecule has 25 heavy (non-hydrogen) atoms. The van der Waals surface area contributed by atoms with Crippen molar-refractivity contribution in [2.45, 2.75) is 6.61 Å². The van der Waals surface area contributed by atoms with Gasteiger partial charge in [0.25, 0.3) is 0 Å². The van der Waals surface area contributed by atoms with Crippen LogP contribution in [0.5, 0.6) is 5.75 Å². The van der Waals surface area contributed by atoms with Crippen LogP contribution in [0.4, 0.5) is 5.69 Å². The zero-order chi connectivity index (χ0) is 17.6. The first-order valence-electron chi connectivity index (χ1n) is 7.15. The minimum Gasteiger partial charge on any atom is -0.475 e. The summed E-state index contributed by atoms with van der Waals surface area (Å²) in [5.41, 5.74) is 0.167. The second kappa shape index (κ2) is 7.30. The molecule has 0 amide bonds. The van der Waals surface area contributed by atoms with Gasteiger partial charge in [0.15, 0.2) is 18.1 Å². The van der Waals surface area contributed by atoms with E-state index >= 15 is 0 Å². The van der Waals surface area contributed by atoms with Crippen molar-refractivity contribution in [3.05, 3.63) is 64.5 Å². The van der Waals surface area contributed by atoms with E-state index in [0.717, 1.165) is 0 Å². The van der Waals surface area contributed by atoms with E-state index in [2.05, 4.69) is 5.16 Å². The van der Waals surface area contributed by atoms with Gasteiger partial charge in [-0.05, 0) is 18.2 Å². The second-order valence-corrected chi connectivity index (χ2v) is 4.83. The Kier molecular flexibility index (Phi) is 4.74. The van der Waals surface area contributed by atoms with Crippen molar-refractivity contribution in [2.24, 2.45) is 0 Å². The molecule has 0 N–H and O–H groups in total. The van der Waals surface area contributed by atoms with Crippen molar-refractivity contribution >= 4 is 11.7 Å². The lowest BCUT2D eigenvalue weighted by Gasteiger charge is -2.06. The molecule has 3 aromatic rings. The third-order valence-electron chi connectivity index (χ3n) is 3.11. The molecule has 9 heteroatoms. The number of hydrogen-bond donors (Lipinski definition) is 0. The van der Waals surface area contributed by atoms with Gasteiger partial charge in [0.1, 0.15) is 12.3 Å². The first-order valence-corrected chi connectivity index (χ1v) is 7.15. The molecule has 0 saturated carbocycles. The molecule has 128 valence electrons. The van der Waals surface area contributed by atoms with Gasteiger partial charge in [-0.3, -0.25) is 10.1 Å². The van der Waals surface area contributed by atoms with Crippen molar-refractivity contribution in [2.75, 3.05) is 6.61 Å². The lowest BCUT2D eigenvalue weighted by molar-refractivity contribution is -0.385. The van der Waals surface area contributed by atoms with Crippen molar-refractivity contribution in [3.63, 3.8) is 0 Å². The number of furan rings is 1. The summed E-state index contributed by atoms with van der Waals surface area (Å²) < 4.78 is 20.4. The predicted molar refractivity (Wildman–Crippen MR) is 82.6 cm³/mol. The number of nitrogens with zero attached hydrogens (tertiary/aromatic N) is 2. The van der Waals surface area contributed by atoms with Crippen LogP contribution in [0, 0.1) is 10.1 Å². The Bertz CT molecular complexity index is 870. The molecule has 0 spiro atoms. The van der Waals surface area contributed by atoms with E-state index in [0.29, 0.717) is 17.2 Å². The third-order valence-corrected chi connectivity index (χ3v) is 3.11. The number of ether oxygens (including phenoxy) is 2. The van der Waals surface area contributed by atoms with Crippen LogP contribution in [0.1, 0.15) is 5.69 Å². The minimum absolute atomic E-state index is 0.00834. The van der Waals surface area contributed by atoms with Crippen molar-refractivity contribution < 1.29 is 28.1 Å². The number of para-hydroxylation sites is 2. The Hall–Kier alpha value is -3.62. The summed E-state index contributed by atoms with van der Waals surface area (Å²) in [5.74, 6) is 0.212. The quantitative estimate of drug-likeness (QED) is 0.365. The van der Waals surface area contributed by atoms with Gasteiger partial charge >= 0.3 is 11.7 Å². The Morgan fingerprint density at radius 2 is 2.04 bits per heavy atom. The van der Waals surface area contributed by atoms with Crippen molar-refractivity contribution in [3.8, 4) is 17.3 Å². The number of nitro benzene ring substituents is 1. The Morgan fingerprint density at radius 3 is 2.80 bits per heavy atom. The molecule has 9 nitrogen and oxygen atoms in total. The van der Waals surface area contributed by atoms with E-state index in [4.69, 9.17) is 18.4 Å². The monoisotopic (exact) mass is 344 g/mol. The zero-order valence-electron chi connectivity index (χ0n) is 12.8. The predicted octanol–water partition coefficient (Wildman–Crippen LogP) is 2.97. The first-order chi connectivity index (χ1) is 12.1. The van der Waals surface area contributed by atoms with Crippen molar-refractivity contribution in [1.29, 1.82) is 0 Å². The molecule has 0 saturated heterocycles. The van der Waals surface area contributed by atoms with Crippen LogP contribution in [0.3, 0.4) is 0 Å². The molecule has 2 heterocycles. The van der Waals surface area contributed by atoms with Gasteiger partial charge < -0.3 is 18.4 Å². The topological polar surface area (TPSA) is 118 Å². The number of carbonyl (C=O) groups is 1. The molecule has 0 aliphatic carbocycles. The van der Waals surface area contributed by atoms with E-state index in [1.807, 2.05) is 0 Å². The lowest BCUT2D eigenvalue weighted by atomic mass is 10.3. The fourth-order valence-corrected chi connectivity index (χ4v) is 1.98.